The average molecular weight is 283 g/mol. The predicted octanol–water partition coefficient (Wildman–Crippen LogP) is 2.51. The first-order chi connectivity index (χ1) is 9.56. The van der Waals surface area contributed by atoms with Gasteiger partial charge < -0.3 is 10.3 Å². The largest absolute Gasteiger partial charge is 0.339 e. The van der Waals surface area contributed by atoms with E-state index in [4.69, 9.17) is 5.84 Å². The lowest BCUT2D eigenvalue weighted by atomic mass is 9.94. The molecule has 1 fully saturated rings. The van der Waals surface area contributed by atoms with E-state index in [1.165, 1.54) is 0 Å². The third-order valence-corrected chi connectivity index (χ3v) is 3.91. The maximum absolute atomic E-state index is 13.6. The second kappa shape index (κ2) is 6.17. The van der Waals surface area contributed by atoms with Crippen LogP contribution < -0.4 is 11.3 Å². The zero-order valence-corrected chi connectivity index (χ0v) is 11.5. The summed E-state index contributed by atoms with van der Waals surface area (Å²) in [5.41, 5.74) is 1.55. The van der Waals surface area contributed by atoms with Crippen LogP contribution >= 0.6 is 0 Å². The number of carbonyl (C=O) groups is 1. The summed E-state index contributed by atoms with van der Waals surface area (Å²) in [5.74, 6) is 3.61. The van der Waals surface area contributed by atoms with E-state index >= 15 is 0 Å². The third kappa shape index (κ3) is 2.90. The van der Waals surface area contributed by atoms with Crippen LogP contribution in [0.15, 0.2) is 12.1 Å². The fourth-order valence-corrected chi connectivity index (χ4v) is 2.56. The van der Waals surface area contributed by atoms with E-state index in [1.54, 1.807) is 4.90 Å². The van der Waals surface area contributed by atoms with Crippen molar-refractivity contribution in [2.75, 3.05) is 18.5 Å². The van der Waals surface area contributed by atoms with E-state index < -0.39 is 17.3 Å². The Hall–Kier alpha value is -1.69. The van der Waals surface area contributed by atoms with E-state index in [-0.39, 0.29) is 11.5 Å². The highest BCUT2D eigenvalue weighted by Crippen LogP contribution is 2.24. The molecule has 1 aliphatic rings. The Balaban J connectivity index is 2.14. The van der Waals surface area contributed by atoms with Gasteiger partial charge in [-0.1, -0.05) is 13.3 Å². The molecule has 0 bridgehead atoms. The van der Waals surface area contributed by atoms with Gasteiger partial charge in [0.25, 0.3) is 5.91 Å². The number of nitrogen functional groups attached to an aromatic ring is 1. The first-order valence-electron chi connectivity index (χ1n) is 6.81. The number of halogens is 2. The summed E-state index contributed by atoms with van der Waals surface area (Å²) < 4.78 is 27.2. The molecule has 1 aliphatic heterocycles. The molecule has 1 amide bonds. The quantitative estimate of drug-likeness (QED) is 0.662. The summed E-state index contributed by atoms with van der Waals surface area (Å²) in [6, 6.07) is 2.04. The van der Waals surface area contributed by atoms with Crippen molar-refractivity contribution in [3.8, 4) is 0 Å². The van der Waals surface area contributed by atoms with Crippen LogP contribution in [0.5, 0.6) is 0 Å². The second-order valence-electron chi connectivity index (χ2n) is 5.10. The van der Waals surface area contributed by atoms with Crippen LogP contribution in [-0.2, 0) is 0 Å². The topological polar surface area (TPSA) is 58.4 Å². The summed E-state index contributed by atoms with van der Waals surface area (Å²) in [7, 11) is 0. The molecule has 0 atom stereocenters. The lowest BCUT2D eigenvalue weighted by molar-refractivity contribution is 0.0688. The summed E-state index contributed by atoms with van der Waals surface area (Å²) in [4.78, 5) is 13.9. The number of hydrazine groups is 1. The van der Waals surface area contributed by atoms with Crippen molar-refractivity contribution in [3.05, 3.63) is 29.3 Å². The van der Waals surface area contributed by atoms with Crippen molar-refractivity contribution < 1.29 is 13.6 Å². The molecule has 1 aromatic carbocycles. The number of likely N-dealkylation sites (tertiary alicyclic amines) is 1. The number of nitrogens with two attached hydrogens (primary N) is 1. The minimum atomic E-state index is -0.862. The summed E-state index contributed by atoms with van der Waals surface area (Å²) in [5, 5.41) is 0. The molecule has 0 aromatic heterocycles. The van der Waals surface area contributed by atoms with Crippen molar-refractivity contribution in [2.24, 2.45) is 11.8 Å². The number of benzene rings is 1. The van der Waals surface area contributed by atoms with Crippen LogP contribution in [0.4, 0.5) is 14.5 Å². The van der Waals surface area contributed by atoms with Gasteiger partial charge in [-0.25, -0.2) is 8.78 Å². The molecular weight excluding hydrogens is 264 g/mol. The monoisotopic (exact) mass is 283 g/mol. The highest BCUT2D eigenvalue weighted by molar-refractivity contribution is 5.94. The fraction of sp³-hybridized carbons (Fsp3) is 0.500. The van der Waals surface area contributed by atoms with Crippen molar-refractivity contribution >= 4 is 11.6 Å². The van der Waals surface area contributed by atoms with Gasteiger partial charge in [-0.05, 0) is 30.9 Å². The zero-order chi connectivity index (χ0) is 14.7. The SMILES string of the molecule is CCC1CCN(C(=O)c2cc(F)c(NN)c(F)c2)CC1. The highest BCUT2D eigenvalue weighted by atomic mass is 19.1. The molecule has 4 nitrogen and oxygen atoms in total. The van der Waals surface area contributed by atoms with Crippen molar-refractivity contribution in [2.45, 2.75) is 26.2 Å². The van der Waals surface area contributed by atoms with Crippen LogP contribution in [0.1, 0.15) is 36.5 Å². The van der Waals surface area contributed by atoms with E-state index in [0.717, 1.165) is 31.4 Å². The number of nitrogens with zero attached hydrogens (tertiary/aromatic N) is 1. The first-order valence-corrected chi connectivity index (χ1v) is 6.81. The third-order valence-electron chi connectivity index (χ3n) is 3.91. The molecule has 0 radical (unpaired) electrons. The molecule has 1 saturated heterocycles. The van der Waals surface area contributed by atoms with E-state index in [9.17, 15) is 13.6 Å². The molecule has 1 aromatic rings. The lowest BCUT2D eigenvalue weighted by Crippen LogP contribution is -2.38. The zero-order valence-electron chi connectivity index (χ0n) is 11.5. The van der Waals surface area contributed by atoms with Gasteiger partial charge in [-0.2, -0.15) is 0 Å². The number of hydrogen-bond acceptors (Lipinski definition) is 3. The van der Waals surface area contributed by atoms with Gasteiger partial charge in [0.2, 0.25) is 0 Å². The molecule has 3 N–H and O–H groups in total. The maximum Gasteiger partial charge on any atom is 0.254 e. The molecule has 2 rings (SSSR count). The van der Waals surface area contributed by atoms with Crippen LogP contribution in [-0.4, -0.2) is 23.9 Å². The molecule has 110 valence electrons. The Bertz CT molecular complexity index is 476. The molecule has 6 heteroatoms. The predicted molar refractivity (Wildman–Crippen MR) is 73.1 cm³/mol. The van der Waals surface area contributed by atoms with Gasteiger partial charge >= 0.3 is 0 Å². The minimum Gasteiger partial charge on any atom is -0.339 e. The van der Waals surface area contributed by atoms with Crippen LogP contribution in [0.25, 0.3) is 0 Å². The summed E-state index contributed by atoms with van der Waals surface area (Å²) in [6.45, 7) is 3.40. The van der Waals surface area contributed by atoms with Gasteiger partial charge in [-0.15, -0.1) is 0 Å². The van der Waals surface area contributed by atoms with Gasteiger partial charge in [-0.3, -0.25) is 10.6 Å². The molecular formula is C14H19F2N3O. The standard InChI is InChI=1S/C14H19F2N3O/c1-2-9-3-5-19(6-4-9)14(20)10-7-11(15)13(18-17)12(16)8-10/h7-9,18H,2-6,17H2,1H3. The van der Waals surface area contributed by atoms with Gasteiger partial charge in [0.15, 0.2) is 11.6 Å². The number of carbonyl (C=O) groups excluding carboxylic acids is 1. The Morgan fingerprint density at radius 3 is 2.35 bits per heavy atom. The second-order valence-corrected chi connectivity index (χ2v) is 5.10. The number of nitrogens with one attached hydrogen (secondary N) is 1. The molecule has 0 unspecified atom stereocenters. The van der Waals surface area contributed by atoms with Crippen LogP contribution in [0.3, 0.4) is 0 Å². The number of amides is 1. The van der Waals surface area contributed by atoms with Crippen LogP contribution in [0.2, 0.25) is 0 Å². The van der Waals surface area contributed by atoms with Crippen molar-refractivity contribution in [1.82, 2.24) is 4.90 Å². The summed E-state index contributed by atoms with van der Waals surface area (Å²) >= 11 is 0. The Labute approximate surface area is 116 Å². The van der Waals surface area contributed by atoms with Gasteiger partial charge in [0.1, 0.15) is 5.69 Å². The highest BCUT2D eigenvalue weighted by Gasteiger charge is 2.24. The lowest BCUT2D eigenvalue weighted by Gasteiger charge is -2.31. The van der Waals surface area contributed by atoms with Gasteiger partial charge in [0.05, 0.1) is 0 Å². The number of anilines is 1. The normalized spacial score (nSPS) is 16.3. The van der Waals surface area contributed by atoms with Crippen molar-refractivity contribution in [1.29, 1.82) is 0 Å². The molecule has 0 spiro atoms. The van der Waals surface area contributed by atoms with Gasteiger partial charge in [0, 0.05) is 18.7 Å². The molecule has 1 heterocycles. The van der Waals surface area contributed by atoms with Crippen molar-refractivity contribution in [3.63, 3.8) is 0 Å². The number of hydrogen-bond donors (Lipinski definition) is 2. The Morgan fingerprint density at radius 1 is 1.35 bits per heavy atom. The Kier molecular flexibility index (Phi) is 4.54. The smallest absolute Gasteiger partial charge is 0.254 e. The molecule has 0 saturated carbocycles. The fourth-order valence-electron chi connectivity index (χ4n) is 2.56. The maximum atomic E-state index is 13.6. The van der Waals surface area contributed by atoms with E-state index in [2.05, 4.69) is 6.92 Å². The van der Waals surface area contributed by atoms with E-state index in [1.807, 2.05) is 5.43 Å². The van der Waals surface area contributed by atoms with E-state index in [0.29, 0.717) is 19.0 Å². The first kappa shape index (κ1) is 14.7. The summed E-state index contributed by atoms with van der Waals surface area (Å²) in [6.07, 6.45) is 2.98. The van der Waals surface area contributed by atoms with Crippen LogP contribution in [0, 0.1) is 17.6 Å². The Morgan fingerprint density at radius 2 is 1.90 bits per heavy atom. The number of piperidine rings is 1. The molecule has 20 heavy (non-hydrogen) atoms. The number of rotatable bonds is 3. The minimum absolute atomic E-state index is 0.0222. The average Bonchev–Trinajstić information content (AvgIpc) is 2.46. The molecule has 0 aliphatic carbocycles.